The topological polar surface area (TPSA) is 89.9 Å². The van der Waals surface area contributed by atoms with Crippen molar-refractivity contribution in [2.45, 2.75) is 12.5 Å². The number of aliphatic hydroxyl groups is 1. The molecule has 0 saturated carbocycles. The van der Waals surface area contributed by atoms with Gasteiger partial charge in [-0.25, -0.2) is 4.79 Å². The zero-order chi connectivity index (χ0) is 12.4. The number of carbonyl (C=O) groups is 2. The van der Waals surface area contributed by atoms with Gasteiger partial charge in [0, 0.05) is 13.0 Å². The lowest BCUT2D eigenvalue weighted by Gasteiger charge is -2.18. The number of hydrogen-bond donors (Lipinski definition) is 3. The van der Waals surface area contributed by atoms with E-state index >= 15 is 0 Å². The van der Waals surface area contributed by atoms with E-state index in [1.807, 2.05) is 0 Å². The molecule has 6 heteroatoms. The van der Waals surface area contributed by atoms with E-state index in [2.05, 4.69) is 5.43 Å². The van der Waals surface area contributed by atoms with Crippen LogP contribution in [0.15, 0.2) is 24.3 Å². The lowest BCUT2D eigenvalue weighted by atomic mass is 10.1. The van der Waals surface area contributed by atoms with Gasteiger partial charge in [-0.05, 0) is 17.7 Å². The smallest absolute Gasteiger partial charge is 0.337 e. The summed E-state index contributed by atoms with van der Waals surface area (Å²) in [4.78, 5) is 21.7. The quantitative estimate of drug-likeness (QED) is 0.689. The van der Waals surface area contributed by atoms with Crippen molar-refractivity contribution in [3.63, 3.8) is 0 Å². The molecular formula is C11H12N2O4. The van der Waals surface area contributed by atoms with Gasteiger partial charge in [-0.3, -0.25) is 15.2 Å². The summed E-state index contributed by atoms with van der Waals surface area (Å²) in [5, 5.41) is 19.7. The number of anilines is 1. The maximum absolute atomic E-state index is 11.1. The molecule has 1 fully saturated rings. The molecule has 3 N–H and O–H groups in total. The van der Waals surface area contributed by atoms with E-state index < -0.39 is 12.1 Å². The molecule has 1 amide bonds. The zero-order valence-electron chi connectivity index (χ0n) is 8.96. The van der Waals surface area contributed by atoms with Gasteiger partial charge < -0.3 is 10.2 Å². The van der Waals surface area contributed by atoms with Crippen molar-refractivity contribution in [1.29, 1.82) is 0 Å². The van der Waals surface area contributed by atoms with E-state index in [-0.39, 0.29) is 11.5 Å². The third-order valence-corrected chi connectivity index (χ3v) is 2.55. The van der Waals surface area contributed by atoms with Gasteiger partial charge in [0.05, 0.1) is 5.69 Å². The fraction of sp³-hybridized carbons (Fsp3) is 0.273. The van der Waals surface area contributed by atoms with Crippen LogP contribution >= 0.6 is 0 Å². The summed E-state index contributed by atoms with van der Waals surface area (Å²) in [6.07, 6.45) is -1.14. The van der Waals surface area contributed by atoms with Gasteiger partial charge in [0.15, 0.2) is 6.10 Å². The molecule has 1 unspecified atom stereocenters. The molecule has 0 bridgehead atoms. The van der Waals surface area contributed by atoms with Crippen LogP contribution in [-0.4, -0.2) is 28.6 Å². The van der Waals surface area contributed by atoms with Crippen LogP contribution in [0.25, 0.3) is 0 Å². The molecule has 0 radical (unpaired) electrons. The molecule has 90 valence electrons. The van der Waals surface area contributed by atoms with Gasteiger partial charge in [0.2, 0.25) is 5.91 Å². The Morgan fingerprint density at radius 1 is 1.47 bits per heavy atom. The summed E-state index contributed by atoms with van der Waals surface area (Å²) in [6, 6.07) is 6.45. The predicted octanol–water partition coefficient (Wildman–Crippen LogP) is 0.0459. The second kappa shape index (κ2) is 4.42. The molecule has 1 atom stereocenters. The van der Waals surface area contributed by atoms with E-state index in [0.29, 0.717) is 18.7 Å². The molecule has 1 aromatic carbocycles. The van der Waals surface area contributed by atoms with E-state index in [4.69, 9.17) is 5.11 Å². The first-order chi connectivity index (χ1) is 8.08. The molecule has 17 heavy (non-hydrogen) atoms. The fourth-order valence-electron chi connectivity index (χ4n) is 1.67. The normalized spacial score (nSPS) is 16.8. The van der Waals surface area contributed by atoms with Crippen LogP contribution in [0.2, 0.25) is 0 Å². The number of benzene rings is 1. The largest absolute Gasteiger partial charge is 0.479 e. The van der Waals surface area contributed by atoms with Crippen molar-refractivity contribution in [1.82, 2.24) is 5.43 Å². The Morgan fingerprint density at radius 3 is 2.82 bits per heavy atom. The minimum Gasteiger partial charge on any atom is -0.479 e. The summed E-state index contributed by atoms with van der Waals surface area (Å²) in [5.41, 5.74) is 3.58. The Labute approximate surface area is 97.4 Å². The van der Waals surface area contributed by atoms with Crippen molar-refractivity contribution in [3.05, 3.63) is 29.8 Å². The van der Waals surface area contributed by atoms with Crippen LogP contribution in [0.4, 0.5) is 5.69 Å². The predicted molar refractivity (Wildman–Crippen MR) is 59.1 cm³/mol. The van der Waals surface area contributed by atoms with E-state index in [0.717, 1.165) is 0 Å². The number of nitrogens with zero attached hydrogens (tertiary/aromatic N) is 1. The summed E-state index contributed by atoms with van der Waals surface area (Å²) in [5.74, 6) is -1.37. The monoisotopic (exact) mass is 236 g/mol. The highest BCUT2D eigenvalue weighted by Gasteiger charge is 2.21. The minimum atomic E-state index is -1.55. The highest BCUT2D eigenvalue weighted by Crippen LogP contribution is 2.21. The highest BCUT2D eigenvalue weighted by molar-refractivity contribution is 5.81. The lowest BCUT2D eigenvalue weighted by Crippen LogP contribution is -2.33. The molecule has 6 nitrogen and oxygen atoms in total. The van der Waals surface area contributed by atoms with Crippen LogP contribution in [0.5, 0.6) is 0 Å². The number of aliphatic carboxylic acids is 1. The van der Waals surface area contributed by atoms with Crippen molar-refractivity contribution >= 4 is 17.6 Å². The number of carboxylic acids is 1. The highest BCUT2D eigenvalue weighted by atomic mass is 16.4. The number of amides is 1. The number of hydrazine groups is 1. The first-order valence-electron chi connectivity index (χ1n) is 5.16. The summed E-state index contributed by atoms with van der Waals surface area (Å²) >= 11 is 0. The van der Waals surface area contributed by atoms with Gasteiger partial charge in [-0.15, -0.1) is 0 Å². The van der Waals surface area contributed by atoms with E-state index in [1.54, 1.807) is 23.2 Å². The second-order valence-electron chi connectivity index (χ2n) is 3.77. The molecule has 1 saturated heterocycles. The number of carboxylic acid groups (broad SMARTS) is 1. The molecule has 0 aliphatic carbocycles. The van der Waals surface area contributed by atoms with Crippen LogP contribution in [0.3, 0.4) is 0 Å². The average molecular weight is 236 g/mol. The number of carbonyl (C=O) groups excluding carboxylic acids is 1. The Morgan fingerprint density at radius 2 is 2.24 bits per heavy atom. The average Bonchev–Trinajstić information content (AvgIpc) is 2.75. The maximum atomic E-state index is 11.1. The fourth-order valence-corrected chi connectivity index (χ4v) is 1.67. The number of nitrogens with one attached hydrogen (secondary N) is 1. The molecule has 1 heterocycles. The molecule has 2 rings (SSSR count). The van der Waals surface area contributed by atoms with Crippen molar-refractivity contribution < 1.29 is 19.8 Å². The summed E-state index contributed by atoms with van der Waals surface area (Å²) in [7, 11) is 0. The molecule has 1 aliphatic rings. The van der Waals surface area contributed by atoms with Crippen LogP contribution in [0.1, 0.15) is 18.1 Å². The lowest BCUT2D eigenvalue weighted by molar-refractivity contribution is -0.147. The van der Waals surface area contributed by atoms with Crippen molar-refractivity contribution in [3.8, 4) is 0 Å². The van der Waals surface area contributed by atoms with E-state index in [9.17, 15) is 14.7 Å². The molecule has 0 spiro atoms. The Balaban J connectivity index is 2.22. The molecule has 0 aromatic heterocycles. The van der Waals surface area contributed by atoms with Crippen LogP contribution in [0, 0.1) is 0 Å². The standard InChI is InChI=1S/C11H12N2O4/c14-9-4-5-13(12-9)8-3-1-2-7(6-8)10(15)11(16)17/h1-3,6,10,15H,4-5H2,(H,12,14)(H,16,17). The number of rotatable bonds is 3. The Kier molecular flexibility index (Phi) is 2.97. The summed E-state index contributed by atoms with van der Waals surface area (Å²) < 4.78 is 0. The van der Waals surface area contributed by atoms with Crippen LogP contribution < -0.4 is 10.4 Å². The molecule has 1 aromatic rings. The van der Waals surface area contributed by atoms with Crippen molar-refractivity contribution in [2.24, 2.45) is 0 Å². The minimum absolute atomic E-state index is 0.0748. The maximum Gasteiger partial charge on any atom is 0.337 e. The first-order valence-corrected chi connectivity index (χ1v) is 5.16. The van der Waals surface area contributed by atoms with Crippen molar-refractivity contribution in [2.75, 3.05) is 11.6 Å². The Hall–Kier alpha value is -2.08. The zero-order valence-corrected chi connectivity index (χ0v) is 8.96. The second-order valence-corrected chi connectivity index (χ2v) is 3.77. The van der Waals surface area contributed by atoms with Gasteiger partial charge in [-0.1, -0.05) is 12.1 Å². The Bertz CT molecular complexity index is 461. The summed E-state index contributed by atoms with van der Waals surface area (Å²) in [6.45, 7) is 0.533. The third kappa shape index (κ3) is 2.36. The molecule has 1 aliphatic heterocycles. The molecular weight excluding hydrogens is 224 g/mol. The van der Waals surface area contributed by atoms with Gasteiger partial charge >= 0.3 is 5.97 Å². The van der Waals surface area contributed by atoms with Gasteiger partial charge in [0.1, 0.15) is 0 Å². The number of hydrogen-bond acceptors (Lipinski definition) is 4. The first kappa shape index (κ1) is 11.4. The van der Waals surface area contributed by atoms with Gasteiger partial charge in [0.25, 0.3) is 0 Å². The van der Waals surface area contributed by atoms with Gasteiger partial charge in [-0.2, -0.15) is 0 Å². The SMILES string of the molecule is O=C1CCN(c2cccc(C(O)C(=O)O)c2)N1. The van der Waals surface area contributed by atoms with Crippen LogP contribution in [-0.2, 0) is 9.59 Å². The third-order valence-electron chi connectivity index (χ3n) is 2.55. The van der Waals surface area contributed by atoms with E-state index in [1.165, 1.54) is 6.07 Å². The number of aliphatic hydroxyl groups excluding tert-OH is 1.